The number of anilines is 1. The maximum absolute atomic E-state index is 6.11. The van der Waals surface area contributed by atoms with Crippen molar-refractivity contribution in [1.29, 1.82) is 0 Å². The second kappa shape index (κ2) is 7.82. The molecule has 2 fully saturated rings. The molecule has 1 N–H and O–H groups in total. The quantitative estimate of drug-likeness (QED) is 0.885. The molecule has 142 valence electrons. The summed E-state index contributed by atoms with van der Waals surface area (Å²) in [5.74, 6) is 2.22. The molecule has 2 aromatic rings. The molecule has 2 aliphatic rings. The summed E-state index contributed by atoms with van der Waals surface area (Å²) in [4.78, 5) is 0. The third kappa shape index (κ3) is 3.65. The van der Waals surface area contributed by atoms with Gasteiger partial charge in [0.1, 0.15) is 11.9 Å². The lowest BCUT2D eigenvalue weighted by Gasteiger charge is -2.32. The van der Waals surface area contributed by atoms with Crippen molar-refractivity contribution in [3.63, 3.8) is 0 Å². The second-order valence-corrected chi connectivity index (χ2v) is 7.87. The Balaban J connectivity index is 1.42. The van der Waals surface area contributed by atoms with Gasteiger partial charge >= 0.3 is 0 Å². The molecule has 0 aromatic carbocycles. The molecule has 0 radical (unpaired) electrons. The van der Waals surface area contributed by atoms with Crippen LogP contribution in [-0.4, -0.2) is 32.7 Å². The molecule has 0 spiro atoms. The van der Waals surface area contributed by atoms with Crippen molar-refractivity contribution in [3.8, 4) is 0 Å². The van der Waals surface area contributed by atoms with Crippen molar-refractivity contribution < 1.29 is 4.74 Å². The van der Waals surface area contributed by atoms with E-state index in [1.54, 1.807) is 0 Å². The largest absolute Gasteiger partial charge is 0.372 e. The number of nitrogens with one attached hydrogen (secondary N) is 1. The summed E-state index contributed by atoms with van der Waals surface area (Å²) in [5, 5.41) is 12.8. The summed E-state index contributed by atoms with van der Waals surface area (Å²) in [7, 11) is 4.04. The monoisotopic (exact) mass is 357 g/mol. The van der Waals surface area contributed by atoms with Crippen molar-refractivity contribution in [2.24, 2.45) is 20.0 Å². The fraction of sp³-hybridized carbons (Fsp3) is 0.700. The van der Waals surface area contributed by atoms with Crippen LogP contribution in [0, 0.1) is 5.92 Å². The van der Waals surface area contributed by atoms with Gasteiger partial charge in [0.25, 0.3) is 0 Å². The van der Waals surface area contributed by atoms with Crippen molar-refractivity contribution >= 4 is 5.82 Å². The highest BCUT2D eigenvalue weighted by Crippen LogP contribution is 2.35. The van der Waals surface area contributed by atoms with Crippen LogP contribution in [0.2, 0.25) is 0 Å². The maximum atomic E-state index is 6.11. The average molecular weight is 358 g/mol. The Labute approximate surface area is 155 Å². The maximum Gasteiger partial charge on any atom is 0.124 e. The topological polar surface area (TPSA) is 56.9 Å². The van der Waals surface area contributed by atoms with Crippen LogP contribution < -0.4 is 5.32 Å². The molecule has 2 atom stereocenters. The van der Waals surface area contributed by atoms with Crippen LogP contribution in [0.15, 0.2) is 18.3 Å². The predicted octanol–water partition coefficient (Wildman–Crippen LogP) is 3.78. The van der Waals surface area contributed by atoms with Gasteiger partial charge in [-0.2, -0.15) is 10.2 Å². The molecule has 26 heavy (non-hydrogen) atoms. The van der Waals surface area contributed by atoms with Gasteiger partial charge < -0.3 is 10.1 Å². The van der Waals surface area contributed by atoms with Crippen molar-refractivity contribution in [2.45, 2.75) is 57.0 Å². The first-order valence-electron chi connectivity index (χ1n) is 10.1. The summed E-state index contributed by atoms with van der Waals surface area (Å²) >= 11 is 0. The van der Waals surface area contributed by atoms with E-state index in [9.17, 15) is 0 Å². The number of rotatable bonds is 5. The minimum atomic E-state index is 0.120. The SMILES string of the molecule is Cn1nc(C2CCCCC2)cc1NC[C@@H]1CCCO[C@H]1c1ccnn1C. The van der Waals surface area contributed by atoms with Gasteiger partial charge in [-0.3, -0.25) is 9.36 Å². The lowest BCUT2D eigenvalue weighted by molar-refractivity contribution is -0.0284. The highest BCUT2D eigenvalue weighted by molar-refractivity contribution is 5.38. The third-order valence-electron chi connectivity index (χ3n) is 6.06. The molecule has 6 heteroatoms. The molecular formula is C20H31N5O. The van der Waals surface area contributed by atoms with Crippen LogP contribution in [0.3, 0.4) is 0 Å². The Bertz CT molecular complexity index is 716. The molecule has 1 aliphatic heterocycles. The molecular weight excluding hydrogens is 326 g/mol. The molecule has 2 aromatic heterocycles. The molecule has 0 amide bonds. The minimum Gasteiger partial charge on any atom is -0.372 e. The summed E-state index contributed by atoms with van der Waals surface area (Å²) in [5.41, 5.74) is 2.43. The third-order valence-corrected chi connectivity index (χ3v) is 6.06. The first kappa shape index (κ1) is 17.6. The normalized spacial score (nSPS) is 24.7. The summed E-state index contributed by atoms with van der Waals surface area (Å²) in [6.45, 7) is 1.74. The van der Waals surface area contributed by atoms with Crippen LogP contribution in [0.25, 0.3) is 0 Å². The van der Waals surface area contributed by atoms with Gasteiger partial charge in [-0.05, 0) is 31.7 Å². The lowest BCUT2D eigenvalue weighted by Crippen LogP contribution is -2.30. The molecule has 4 rings (SSSR count). The highest BCUT2D eigenvalue weighted by atomic mass is 16.5. The van der Waals surface area contributed by atoms with E-state index >= 15 is 0 Å². The van der Waals surface area contributed by atoms with Crippen LogP contribution >= 0.6 is 0 Å². The smallest absolute Gasteiger partial charge is 0.124 e. The molecule has 0 unspecified atom stereocenters. The minimum absolute atomic E-state index is 0.120. The standard InChI is InChI=1S/C20H31N5O/c1-24-18(10-11-22-24)20-16(9-6-12-26-20)14-21-19-13-17(23-25(19)2)15-7-4-3-5-8-15/h10-11,13,15-16,20-21H,3-9,12,14H2,1-2H3/t16-,20+/m0/s1. The van der Waals surface area contributed by atoms with E-state index in [0.717, 1.165) is 25.4 Å². The van der Waals surface area contributed by atoms with Gasteiger partial charge in [-0.1, -0.05) is 19.3 Å². The molecule has 0 bridgehead atoms. The number of hydrogen-bond donors (Lipinski definition) is 1. The second-order valence-electron chi connectivity index (χ2n) is 7.87. The summed E-state index contributed by atoms with van der Waals surface area (Å²) < 4.78 is 10.1. The highest BCUT2D eigenvalue weighted by Gasteiger charge is 2.29. The Hall–Kier alpha value is -1.82. The van der Waals surface area contributed by atoms with E-state index in [4.69, 9.17) is 9.84 Å². The van der Waals surface area contributed by atoms with Crippen molar-refractivity contribution in [1.82, 2.24) is 19.6 Å². The number of hydrogen-bond acceptors (Lipinski definition) is 4. The first-order valence-corrected chi connectivity index (χ1v) is 10.1. The predicted molar refractivity (Wildman–Crippen MR) is 102 cm³/mol. The molecule has 1 aliphatic carbocycles. The van der Waals surface area contributed by atoms with E-state index in [0.29, 0.717) is 11.8 Å². The fourth-order valence-corrected chi connectivity index (χ4v) is 4.53. The zero-order valence-corrected chi connectivity index (χ0v) is 16.0. The summed E-state index contributed by atoms with van der Waals surface area (Å²) in [6, 6.07) is 4.34. The number of aryl methyl sites for hydroxylation is 2. The van der Waals surface area contributed by atoms with Crippen molar-refractivity contribution in [3.05, 3.63) is 29.7 Å². The van der Waals surface area contributed by atoms with Gasteiger partial charge in [0.2, 0.25) is 0 Å². The first-order chi connectivity index (χ1) is 12.7. The lowest BCUT2D eigenvalue weighted by atomic mass is 9.87. The molecule has 3 heterocycles. The Morgan fingerprint density at radius 2 is 1.96 bits per heavy atom. The summed E-state index contributed by atoms with van der Waals surface area (Å²) in [6.07, 6.45) is 10.9. The number of aromatic nitrogens is 4. The van der Waals surface area contributed by atoms with Crippen LogP contribution in [0.5, 0.6) is 0 Å². The molecule has 1 saturated heterocycles. The van der Waals surface area contributed by atoms with E-state index in [1.807, 2.05) is 29.7 Å². The zero-order valence-electron chi connectivity index (χ0n) is 16.0. The Morgan fingerprint density at radius 1 is 1.12 bits per heavy atom. The van der Waals surface area contributed by atoms with Gasteiger partial charge in [-0.15, -0.1) is 0 Å². The van der Waals surface area contributed by atoms with Crippen LogP contribution in [0.1, 0.15) is 68.4 Å². The van der Waals surface area contributed by atoms with E-state index in [1.165, 1.54) is 49.9 Å². The Kier molecular flexibility index (Phi) is 5.29. The fourth-order valence-electron chi connectivity index (χ4n) is 4.53. The zero-order chi connectivity index (χ0) is 17.9. The van der Waals surface area contributed by atoms with Crippen LogP contribution in [0.4, 0.5) is 5.82 Å². The van der Waals surface area contributed by atoms with E-state index < -0.39 is 0 Å². The van der Waals surface area contributed by atoms with E-state index in [2.05, 4.69) is 22.5 Å². The van der Waals surface area contributed by atoms with Crippen LogP contribution in [-0.2, 0) is 18.8 Å². The Morgan fingerprint density at radius 3 is 2.73 bits per heavy atom. The molecule has 6 nitrogen and oxygen atoms in total. The number of nitrogens with zero attached hydrogens (tertiary/aromatic N) is 4. The number of ether oxygens (including phenoxy) is 1. The van der Waals surface area contributed by atoms with E-state index in [-0.39, 0.29) is 6.10 Å². The van der Waals surface area contributed by atoms with Crippen molar-refractivity contribution in [2.75, 3.05) is 18.5 Å². The average Bonchev–Trinajstić information content (AvgIpc) is 3.26. The van der Waals surface area contributed by atoms with Gasteiger partial charge in [0.15, 0.2) is 0 Å². The van der Waals surface area contributed by atoms with Gasteiger partial charge in [0, 0.05) is 51.3 Å². The van der Waals surface area contributed by atoms with Gasteiger partial charge in [-0.25, -0.2) is 0 Å². The van der Waals surface area contributed by atoms with Gasteiger partial charge in [0.05, 0.1) is 11.4 Å². The molecule has 1 saturated carbocycles.